The van der Waals surface area contributed by atoms with Gasteiger partial charge in [0.1, 0.15) is 0 Å². The normalized spacial score (nSPS) is 30.9. The molecule has 1 aromatic rings. The van der Waals surface area contributed by atoms with Crippen LogP contribution in [0.25, 0.3) is 0 Å². The predicted octanol–water partition coefficient (Wildman–Crippen LogP) is 4.61. The highest BCUT2D eigenvalue weighted by molar-refractivity contribution is 6.35. The number of hydrogen-bond acceptors (Lipinski definition) is 1. The van der Waals surface area contributed by atoms with Crippen LogP contribution in [0.4, 0.5) is 0 Å². The van der Waals surface area contributed by atoms with Crippen molar-refractivity contribution < 1.29 is 0 Å². The summed E-state index contributed by atoms with van der Waals surface area (Å²) in [5.41, 5.74) is 1.13. The van der Waals surface area contributed by atoms with Gasteiger partial charge in [0, 0.05) is 22.1 Å². The topological polar surface area (TPSA) is 12.0 Å². The molecular formula is C15H17Cl2N. The maximum atomic E-state index is 6.24. The number of nitrogens with one attached hydrogen (secondary N) is 1. The minimum absolute atomic E-state index is 0.273. The standard InChI is InChI=1S/C15H17Cl2N/c1-9(12-6-5-11(16)8-14(12)17)18-15-7-10-3-2-4-13(10)15/h2,4-6,8-10,13,15,18H,3,7H2,1H3. The van der Waals surface area contributed by atoms with E-state index in [1.807, 2.05) is 18.2 Å². The first kappa shape index (κ1) is 12.5. The van der Waals surface area contributed by atoms with Gasteiger partial charge in [-0.15, -0.1) is 0 Å². The van der Waals surface area contributed by atoms with Crippen LogP contribution in [0.1, 0.15) is 31.4 Å². The third-order valence-electron chi connectivity index (χ3n) is 4.26. The Balaban J connectivity index is 1.67. The van der Waals surface area contributed by atoms with E-state index < -0.39 is 0 Å². The molecule has 0 radical (unpaired) electrons. The van der Waals surface area contributed by atoms with Crippen molar-refractivity contribution in [3.8, 4) is 0 Å². The first-order chi connectivity index (χ1) is 8.65. The lowest BCUT2D eigenvalue weighted by Gasteiger charge is -2.42. The number of hydrogen-bond donors (Lipinski definition) is 1. The van der Waals surface area contributed by atoms with Gasteiger partial charge in [0.2, 0.25) is 0 Å². The highest BCUT2D eigenvalue weighted by Gasteiger charge is 2.41. The minimum atomic E-state index is 0.273. The molecule has 4 atom stereocenters. The van der Waals surface area contributed by atoms with Crippen LogP contribution in [0.3, 0.4) is 0 Å². The van der Waals surface area contributed by atoms with Gasteiger partial charge in [0.05, 0.1) is 0 Å². The van der Waals surface area contributed by atoms with Crippen LogP contribution < -0.4 is 5.32 Å². The van der Waals surface area contributed by atoms with E-state index in [4.69, 9.17) is 23.2 Å². The molecule has 3 heteroatoms. The van der Waals surface area contributed by atoms with Crippen molar-refractivity contribution in [3.63, 3.8) is 0 Å². The smallest absolute Gasteiger partial charge is 0.0468 e. The monoisotopic (exact) mass is 281 g/mol. The molecule has 18 heavy (non-hydrogen) atoms. The quantitative estimate of drug-likeness (QED) is 0.798. The van der Waals surface area contributed by atoms with Gasteiger partial charge < -0.3 is 5.32 Å². The van der Waals surface area contributed by atoms with Crippen molar-refractivity contribution in [1.82, 2.24) is 5.32 Å². The predicted molar refractivity (Wildman–Crippen MR) is 77.2 cm³/mol. The third kappa shape index (κ3) is 2.20. The highest BCUT2D eigenvalue weighted by Crippen LogP contribution is 2.43. The van der Waals surface area contributed by atoms with Gasteiger partial charge in [-0.05, 0) is 49.3 Å². The molecule has 1 nitrogen and oxygen atoms in total. The van der Waals surface area contributed by atoms with Crippen LogP contribution in [0.5, 0.6) is 0 Å². The van der Waals surface area contributed by atoms with Crippen LogP contribution in [0.15, 0.2) is 30.4 Å². The molecule has 96 valence electrons. The molecule has 0 amide bonds. The van der Waals surface area contributed by atoms with Crippen molar-refractivity contribution in [1.29, 1.82) is 0 Å². The van der Waals surface area contributed by atoms with E-state index in [9.17, 15) is 0 Å². The average molecular weight is 282 g/mol. The second-order valence-electron chi connectivity index (χ2n) is 5.40. The van der Waals surface area contributed by atoms with Crippen LogP contribution in [0.2, 0.25) is 10.0 Å². The molecule has 0 aliphatic heterocycles. The Morgan fingerprint density at radius 2 is 2.17 bits per heavy atom. The fraction of sp³-hybridized carbons (Fsp3) is 0.467. The molecule has 4 unspecified atom stereocenters. The lowest BCUT2D eigenvalue weighted by atomic mass is 9.71. The van der Waals surface area contributed by atoms with E-state index in [2.05, 4.69) is 24.4 Å². The van der Waals surface area contributed by atoms with Gasteiger partial charge in [-0.25, -0.2) is 0 Å². The first-order valence-corrected chi connectivity index (χ1v) is 7.28. The van der Waals surface area contributed by atoms with Crippen molar-refractivity contribution in [2.24, 2.45) is 11.8 Å². The largest absolute Gasteiger partial charge is 0.307 e. The lowest BCUT2D eigenvalue weighted by molar-refractivity contribution is 0.152. The molecule has 3 rings (SSSR count). The number of rotatable bonds is 3. The number of allylic oxidation sites excluding steroid dienone is 1. The highest BCUT2D eigenvalue weighted by atomic mass is 35.5. The molecule has 1 fully saturated rings. The molecule has 2 aliphatic carbocycles. The second kappa shape index (κ2) is 4.88. The van der Waals surface area contributed by atoms with Gasteiger partial charge in [0.25, 0.3) is 0 Å². The van der Waals surface area contributed by atoms with E-state index in [1.165, 1.54) is 12.8 Å². The molecule has 1 saturated carbocycles. The lowest BCUT2D eigenvalue weighted by Crippen LogP contribution is -2.48. The summed E-state index contributed by atoms with van der Waals surface area (Å²) in [6, 6.07) is 6.61. The van der Waals surface area contributed by atoms with Crippen molar-refractivity contribution >= 4 is 23.2 Å². The summed E-state index contributed by atoms with van der Waals surface area (Å²) in [5.74, 6) is 1.62. The maximum absolute atomic E-state index is 6.24. The average Bonchev–Trinajstić information content (AvgIpc) is 2.67. The summed E-state index contributed by atoms with van der Waals surface area (Å²) >= 11 is 12.2. The molecule has 0 heterocycles. The number of fused-ring (bicyclic) bond motifs is 1. The number of benzene rings is 1. The Hall–Kier alpha value is -0.500. The van der Waals surface area contributed by atoms with Crippen LogP contribution in [-0.2, 0) is 0 Å². The summed E-state index contributed by atoms with van der Waals surface area (Å²) in [4.78, 5) is 0. The van der Waals surface area contributed by atoms with E-state index in [1.54, 1.807) is 0 Å². The summed E-state index contributed by atoms with van der Waals surface area (Å²) in [7, 11) is 0. The SMILES string of the molecule is CC(NC1CC2CC=CC21)c1ccc(Cl)cc1Cl. The minimum Gasteiger partial charge on any atom is -0.307 e. The zero-order valence-electron chi connectivity index (χ0n) is 10.4. The number of halogens is 2. The molecule has 2 aliphatic rings. The summed E-state index contributed by atoms with van der Waals surface area (Å²) in [6.07, 6.45) is 7.23. The van der Waals surface area contributed by atoms with E-state index >= 15 is 0 Å². The molecule has 1 N–H and O–H groups in total. The molecule has 0 spiro atoms. The van der Waals surface area contributed by atoms with E-state index in [0.29, 0.717) is 11.1 Å². The van der Waals surface area contributed by atoms with Gasteiger partial charge in [-0.3, -0.25) is 0 Å². The molecule has 0 bridgehead atoms. The van der Waals surface area contributed by atoms with Crippen molar-refractivity contribution in [2.75, 3.05) is 0 Å². The van der Waals surface area contributed by atoms with Gasteiger partial charge in [-0.2, -0.15) is 0 Å². The Morgan fingerprint density at radius 3 is 2.89 bits per heavy atom. The van der Waals surface area contributed by atoms with Gasteiger partial charge in [-0.1, -0.05) is 41.4 Å². The van der Waals surface area contributed by atoms with Gasteiger partial charge in [0.15, 0.2) is 0 Å². The zero-order chi connectivity index (χ0) is 12.7. The van der Waals surface area contributed by atoms with Crippen LogP contribution >= 0.6 is 23.2 Å². The fourth-order valence-electron chi connectivity index (χ4n) is 3.17. The van der Waals surface area contributed by atoms with Crippen LogP contribution in [0, 0.1) is 11.8 Å². The summed E-state index contributed by atoms with van der Waals surface area (Å²) in [6.45, 7) is 2.17. The summed E-state index contributed by atoms with van der Waals surface area (Å²) in [5, 5.41) is 5.13. The van der Waals surface area contributed by atoms with E-state index in [-0.39, 0.29) is 6.04 Å². The molecule has 0 saturated heterocycles. The van der Waals surface area contributed by atoms with Gasteiger partial charge >= 0.3 is 0 Å². The molecule has 1 aromatic carbocycles. The second-order valence-corrected chi connectivity index (χ2v) is 6.24. The Bertz CT molecular complexity index is 483. The third-order valence-corrected chi connectivity index (χ3v) is 4.82. The molecule has 0 aromatic heterocycles. The Labute approximate surface area is 118 Å². The van der Waals surface area contributed by atoms with Crippen molar-refractivity contribution in [3.05, 3.63) is 46.0 Å². The first-order valence-electron chi connectivity index (χ1n) is 6.53. The maximum Gasteiger partial charge on any atom is 0.0468 e. The fourth-order valence-corrected chi connectivity index (χ4v) is 3.74. The van der Waals surface area contributed by atoms with E-state index in [0.717, 1.165) is 22.4 Å². The Morgan fingerprint density at radius 1 is 1.33 bits per heavy atom. The Kier molecular flexibility index (Phi) is 3.40. The summed E-state index contributed by atoms with van der Waals surface area (Å²) < 4.78 is 0. The zero-order valence-corrected chi connectivity index (χ0v) is 11.9. The van der Waals surface area contributed by atoms with Crippen molar-refractivity contribution in [2.45, 2.75) is 31.8 Å². The molecular weight excluding hydrogens is 265 g/mol. The van der Waals surface area contributed by atoms with Crippen LogP contribution in [-0.4, -0.2) is 6.04 Å².